The predicted molar refractivity (Wildman–Crippen MR) is 65.5 cm³/mol. The van der Waals surface area contributed by atoms with E-state index in [2.05, 4.69) is 10.3 Å². The molecule has 0 amide bonds. The second-order valence-corrected chi connectivity index (χ2v) is 5.75. The highest BCUT2D eigenvalue weighted by atomic mass is 32.1. The minimum absolute atomic E-state index is 0.248. The number of aryl methyl sites for hydroxylation is 1. The summed E-state index contributed by atoms with van der Waals surface area (Å²) in [5.41, 5.74) is 0.924. The Morgan fingerprint density at radius 1 is 1.39 bits per heavy atom. The fourth-order valence-electron chi connectivity index (χ4n) is 2.47. The number of nitrogens with one attached hydrogen (secondary N) is 1. The minimum atomic E-state index is -4.09. The molecular formula is C12H17F3N2S. The summed E-state index contributed by atoms with van der Waals surface area (Å²) in [6.07, 6.45) is -1.68. The highest BCUT2D eigenvalue weighted by molar-refractivity contribution is 7.09. The van der Waals surface area contributed by atoms with Crippen molar-refractivity contribution in [2.24, 2.45) is 5.92 Å². The monoisotopic (exact) mass is 278 g/mol. The predicted octanol–water partition coefficient (Wildman–Crippen LogP) is 3.66. The van der Waals surface area contributed by atoms with Crippen molar-refractivity contribution in [3.05, 3.63) is 16.1 Å². The Morgan fingerprint density at radius 3 is 2.72 bits per heavy atom. The molecule has 0 aromatic carbocycles. The first-order valence-electron chi connectivity index (χ1n) is 6.18. The highest BCUT2D eigenvalue weighted by Crippen LogP contribution is 2.37. The highest BCUT2D eigenvalue weighted by Gasteiger charge is 2.45. The molecular weight excluding hydrogens is 261 g/mol. The van der Waals surface area contributed by atoms with Crippen LogP contribution >= 0.6 is 11.3 Å². The van der Waals surface area contributed by atoms with Crippen LogP contribution in [0.25, 0.3) is 0 Å². The van der Waals surface area contributed by atoms with Gasteiger partial charge in [-0.3, -0.25) is 0 Å². The van der Waals surface area contributed by atoms with Crippen LogP contribution in [0.15, 0.2) is 5.38 Å². The van der Waals surface area contributed by atoms with Crippen molar-refractivity contribution in [2.45, 2.75) is 51.4 Å². The summed E-state index contributed by atoms with van der Waals surface area (Å²) in [5.74, 6) is -1.20. The van der Waals surface area contributed by atoms with E-state index in [0.29, 0.717) is 19.4 Å². The minimum Gasteiger partial charge on any atom is -0.307 e. The molecule has 2 unspecified atom stereocenters. The number of hydrogen-bond donors (Lipinski definition) is 1. The fraction of sp³-hybridized carbons (Fsp3) is 0.750. The lowest BCUT2D eigenvalue weighted by Crippen LogP contribution is -2.45. The van der Waals surface area contributed by atoms with Gasteiger partial charge in [-0.1, -0.05) is 12.8 Å². The molecule has 2 rings (SSSR count). The first-order valence-corrected chi connectivity index (χ1v) is 7.06. The van der Waals surface area contributed by atoms with E-state index in [1.165, 1.54) is 11.3 Å². The van der Waals surface area contributed by atoms with E-state index in [4.69, 9.17) is 0 Å². The molecule has 1 N–H and O–H groups in total. The van der Waals surface area contributed by atoms with Gasteiger partial charge in [0.25, 0.3) is 0 Å². The molecule has 1 aromatic heterocycles. The molecule has 0 spiro atoms. The van der Waals surface area contributed by atoms with Crippen molar-refractivity contribution < 1.29 is 13.2 Å². The molecule has 0 aliphatic heterocycles. The number of alkyl halides is 3. The maximum Gasteiger partial charge on any atom is 0.393 e. The third-order valence-corrected chi connectivity index (χ3v) is 4.34. The van der Waals surface area contributed by atoms with Gasteiger partial charge in [0.15, 0.2) is 0 Å². The van der Waals surface area contributed by atoms with Crippen LogP contribution in [-0.2, 0) is 6.54 Å². The van der Waals surface area contributed by atoms with Gasteiger partial charge in [0.05, 0.1) is 5.92 Å². The quantitative estimate of drug-likeness (QED) is 0.912. The van der Waals surface area contributed by atoms with Crippen molar-refractivity contribution in [1.82, 2.24) is 10.3 Å². The molecule has 1 saturated carbocycles. The van der Waals surface area contributed by atoms with Crippen molar-refractivity contribution in [1.29, 1.82) is 0 Å². The van der Waals surface area contributed by atoms with E-state index in [0.717, 1.165) is 17.1 Å². The summed E-state index contributed by atoms with van der Waals surface area (Å²) >= 11 is 1.49. The Balaban J connectivity index is 1.93. The lowest BCUT2D eigenvalue weighted by Gasteiger charge is -2.33. The average Bonchev–Trinajstić information content (AvgIpc) is 2.72. The van der Waals surface area contributed by atoms with E-state index in [1.807, 2.05) is 12.3 Å². The van der Waals surface area contributed by atoms with Crippen LogP contribution in [0.2, 0.25) is 0 Å². The Hall–Kier alpha value is -0.620. The van der Waals surface area contributed by atoms with Gasteiger partial charge >= 0.3 is 6.18 Å². The molecule has 6 heteroatoms. The van der Waals surface area contributed by atoms with Crippen LogP contribution in [-0.4, -0.2) is 17.2 Å². The van der Waals surface area contributed by atoms with Gasteiger partial charge in [-0.25, -0.2) is 4.98 Å². The average molecular weight is 278 g/mol. The number of halogens is 3. The lowest BCUT2D eigenvalue weighted by atomic mass is 9.84. The number of rotatable bonds is 3. The van der Waals surface area contributed by atoms with Gasteiger partial charge in [-0.15, -0.1) is 11.3 Å². The molecule has 102 valence electrons. The SMILES string of the molecule is Cc1csc(CNC2CCCCC2C(F)(F)F)n1. The molecule has 1 aromatic rings. The van der Waals surface area contributed by atoms with Gasteiger partial charge in [-0.2, -0.15) is 13.2 Å². The van der Waals surface area contributed by atoms with Gasteiger partial charge < -0.3 is 5.32 Å². The normalized spacial score (nSPS) is 25.3. The van der Waals surface area contributed by atoms with Gasteiger partial charge in [0.2, 0.25) is 0 Å². The molecule has 18 heavy (non-hydrogen) atoms. The zero-order valence-electron chi connectivity index (χ0n) is 10.3. The van der Waals surface area contributed by atoms with Crippen LogP contribution in [0, 0.1) is 12.8 Å². The largest absolute Gasteiger partial charge is 0.393 e. The Kier molecular flexibility index (Phi) is 4.27. The fourth-order valence-corrected chi connectivity index (χ4v) is 3.19. The van der Waals surface area contributed by atoms with Crippen LogP contribution in [0.5, 0.6) is 0 Å². The van der Waals surface area contributed by atoms with Crippen molar-refractivity contribution in [3.8, 4) is 0 Å². The van der Waals surface area contributed by atoms with Crippen LogP contribution in [0.4, 0.5) is 13.2 Å². The third-order valence-electron chi connectivity index (χ3n) is 3.37. The molecule has 1 heterocycles. The topological polar surface area (TPSA) is 24.9 Å². The Labute approximate surface area is 109 Å². The van der Waals surface area contributed by atoms with Crippen molar-refractivity contribution in [3.63, 3.8) is 0 Å². The summed E-state index contributed by atoms with van der Waals surface area (Å²) < 4.78 is 38.6. The van der Waals surface area contributed by atoms with Crippen molar-refractivity contribution in [2.75, 3.05) is 0 Å². The number of aromatic nitrogens is 1. The zero-order chi connectivity index (χ0) is 13.2. The van der Waals surface area contributed by atoms with Gasteiger partial charge in [-0.05, 0) is 19.8 Å². The van der Waals surface area contributed by atoms with E-state index in [9.17, 15) is 13.2 Å². The van der Waals surface area contributed by atoms with Gasteiger partial charge in [0, 0.05) is 23.7 Å². The van der Waals surface area contributed by atoms with Crippen LogP contribution in [0.1, 0.15) is 36.4 Å². The van der Waals surface area contributed by atoms with Crippen molar-refractivity contribution >= 4 is 11.3 Å². The van der Waals surface area contributed by atoms with E-state index >= 15 is 0 Å². The molecule has 0 radical (unpaired) electrons. The first-order chi connectivity index (χ1) is 8.47. The van der Waals surface area contributed by atoms with E-state index in [1.54, 1.807) is 0 Å². The second-order valence-electron chi connectivity index (χ2n) is 4.80. The Morgan fingerprint density at radius 2 is 2.11 bits per heavy atom. The molecule has 1 fully saturated rings. The molecule has 0 saturated heterocycles. The van der Waals surface area contributed by atoms with E-state index in [-0.39, 0.29) is 6.42 Å². The summed E-state index contributed by atoms with van der Waals surface area (Å²) in [5, 5.41) is 5.81. The molecule has 2 nitrogen and oxygen atoms in total. The number of nitrogens with zero attached hydrogens (tertiary/aromatic N) is 1. The standard InChI is InChI=1S/C12H17F3N2S/c1-8-7-18-11(17-8)6-16-10-5-3-2-4-9(10)12(13,14)15/h7,9-10,16H,2-6H2,1H3. The van der Waals surface area contributed by atoms with Gasteiger partial charge in [0.1, 0.15) is 5.01 Å². The maximum absolute atomic E-state index is 12.9. The smallest absolute Gasteiger partial charge is 0.307 e. The summed E-state index contributed by atoms with van der Waals surface area (Å²) in [7, 11) is 0. The van der Waals surface area contributed by atoms with Crippen LogP contribution < -0.4 is 5.32 Å². The first kappa shape index (κ1) is 13.8. The molecule has 0 bridgehead atoms. The zero-order valence-corrected chi connectivity index (χ0v) is 11.1. The molecule has 1 aliphatic carbocycles. The third kappa shape index (κ3) is 3.45. The Bertz CT molecular complexity index is 389. The molecule has 1 aliphatic rings. The maximum atomic E-state index is 12.9. The lowest BCUT2D eigenvalue weighted by molar-refractivity contribution is -0.189. The molecule has 2 atom stereocenters. The number of hydrogen-bond acceptors (Lipinski definition) is 3. The summed E-state index contributed by atoms with van der Waals surface area (Å²) in [4.78, 5) is 4.26. The second kappa shape index (κ2) is 5.57. The van der Waals surface area contributed by atoms with E-state index < -0.39 is 18.1 Å². The summed E-state index contributed by atoms with van der Waals surface area (Å²) in [6, 6.07) is -0.456. The summed E-state index contributed by atoms with van der Waals surface area (Å²) in [6.45, 7) is 2.33. The number of thiazole rings is 1. The van der Waals surface area contributed by atoms with Crippen LogP contribution in [0.3, 0.4) is 0 Å².